The van der Waals surface area contributed by atoms with Gasteiger partial charge in [0.25, 0.3) is 0 Å². The van der Waals surface area contributed by atoms with E-state index in [1.54, 1.807) is 130 Å². The molecule has 47 nitrogen and oxygen atoms in total. The van der Waals surface area contributed by atoms with Gasteiger partial charge in [-0.2, -0.15) is 0 Å². The molecule has 4 aromatic carbocycles. The number of primary amides is 3. The van der Waals surface area contributed by atoms with Gasteiger partial charge in [-0.05, 0) is 84.5 Å². The molecule has 2 aromatic heterocycles. The number of carboxylic acids is 4. The number of nitrogens with one attached hydrogen (secondary N) is 14. The average molecular weight is 2000 g/mol. The number of amides is 16. The normalized spacial score (nSPS) is 21.1. The Kier molecular flexibility index (Phi) is 42.5. The van der Waals surface area contributed by atoms with Gasteiger partial charge in [-0.25, -0.2) is 0 Å². The maximum absolute atomic E-state index is 15.6. The number of fused-ring (bicyclic) bond motifs is 3. The summed E-state index contributed by atoms with van der Waals surface area (Å²) in [5, 5.41) is 84.2. The molecule has 0 radical (unpaired) electrons. The molecule has 6 aromatic rings. The number of likely N-dealkylation sites (tertiary alicyclic amines) is 1. The van der Waals surface area contributed by atoms with Crippen LogP contribution in [0, 0.1) is 5.92 Å². The maximum Gasteiger partial charge on any atom is 0.317 e. The van der Waals surface area contributed by atoms with Crippen molar-refractivity contribution in [2.45, 2.75) is 183 Å². The third-order valence-electron chi connectivity index (χ3n) is 24.3. The summed E-state index contributed by atoms with van der Waals surface area (Å²) in [6.07, 6.45) is -2.79. The van der Waals surface area contributed by atoms with Gasteiger partial charge in [0.2, 0.25) is 94.5 Å². The lowest BCUT2D eigenvalue weighted by Gasteiger charge is -2.32. The molecular formula is C92H124N22O25S2. The Balaban J connectivity index is 1.08. The molecule has 0 bridgehead atoms. The van der Waals surface area contributed by atoms with E-state index >= 15 is 38.4 Å². The van der Waals surface area contributed by atoms with Crippen molar-refractivity contribution >= 4 is 173 Å². The summed E-state index contributed by atoms with van der Waals surface area (Å²) in [5.74, 6) is -25.2. The Labute approximate surface area is 817 Å². The first-order chi connectivity index (χ1) is 67.1. The fourth-order valence-corrected chi connectivity index (χ4v) is 18.9. The molecule has 3 aliphatic heterocycles. The van der Waals surface area contributed by atoms with Gasteiger partial charge < -0.3 is 121 Å². The van der Waals surface area contributed by atoms with Crippen LogP contribution in [-0.2, 0) is 115 Å². The number of aromatic amines is 2. The van der Waals surface area contributed by atoms with E-state index in [4.69, 9.17) is 17.2 Å². The van der Waals surface area contributed by atoms with Gasteiger partial charge in [0.1, 0.15) is 72.5 Å². The van der Waals surface area contributed by atoms with Crippen LogP contribution in [0.5, 0.6) is 0 Å². The number of aliphatic carboxylic acids is 4. The molecule has 3 aliphatic rings. The number of nitrogens with zero attached hydrogens (tertiary/aromatic N) is 5. The predicted octanol–water partition coefficient (Wildman–Crippen LogP) is -4.53. The second-order valence-electron chi connectivity index (χ2n) is 35.1. The quantitative estimate of drug-likeness (QED) is 0.0128. The van der Waals surface area contributed by atoms with Gasteiger partial charge in [-0.1, -0.05) is 121 Å². The van der Waals surface area contributed by atoms with Crippen LogP contribution in [0.25, 0.3) is 32.6 Å². The number of benzene rings is 4. The second kappa shape index (κ2) is 54.1. The maximum atomic E-state index is 15.6. The highest BCUT2D eigenvalue weighted by atomic mass is 33.1. The molecule has 25 N–H and O–H groups in total. The van der Waals surface area contributed by atoms with Crippen LogP contribution in [-0.4, -0.2) is 360 Å². The number of para-hydroxylation sites is 2. The number of carbonyl (C=O) groups is 20. The zero-order chi connectivity index (χ0) is 103. The van der Waals surface area contributed by atoms with Gasteiger partial charge in [-0.3, -0.25) is 115 Å². The van der Waals surface area contributed by atoms with Crippen LogP contribution in [0.3, 0.4) is 0 Å². The molecule has 0 aliphatic carbocycles. The lowest BCUT2D eigenvalue weighted by Crippen LogP contribution is -2.63. The highest BCUT2D eigenvalue weighted by molar-refractivity contribution is 8.76. The highest BCUT2D eigenvalue weighted by Gasteiger charge is 2.43. The van der Waals surface area contributed by atoms with E-state index < -0.39 is 266 Å². The number of unbranched alkanes of at least 4 members (excludes halogenated alkanes) is 1. The minimum absolute atomic E-state index is 0.00177. The lowest BCUT2D eigenvalue weighted by molar-refractivity contribution is -0.142. The van der Waals surface area contributed by atoms with Crippen molar-refractivity contribution in [1.82, 2.24) is 98.3 Å². The predicted molar refractivity (Wildman–Crippen MR) is 514 cm³/mol. The fourth-order valence-electron chi connectivity index (χ4n) is 16.6. The van der Waals surface area contributed by atoms with Crippen molar-refractivity contribution in [2.75, 3.05) is 103 Å². The number of hydrogen-bond acceptors (Lipinski definition) is 27. The van der Waals surface area contributed by atoms with Crippen LogP contribution >= 0.6 is 21.6 Å². The Morgan fingerprint density at radius 3 is 1.49 bits per heavy atom. The summed E-state index contributed by atoms with van der Waals surface area (Å²) in [4.78, 5) is 295. The minimum atomic E-state index is -2.21. The van der Waals surface area contributed by atoms with E-state index in [0.717, 1.165) is 13.8 Å². The number of H-pyrrole nitrogens is 2. The number of hydrogen-bond donors (Lipinski definition) is 22. The summed E-state index contributed by atoms with van der Waals surface area (Å²) >= 11 is 0. The molecule has 0 saturated carbocycles. The van der Waals surface area contributed by atoms with Gasteiger partial charge >= 0.3 is 23.9 Å². The van der Waals surface area contributed by atoms with E-state index in [2.05, 4.69) is 73.8 Å². The Hall–Kier alpha value is -13.9. The number of aliphatic hydroxyl groups is 1. The van der Waals surface area contributed by atoms with Crippen LogP contribution in [0.2, 0.25) is 0 Å². The number of rotatable bonds is 39. The molecule has 5 heterocycles. The first-order valence-electron chi connectivity index (χ1n) is 46.1. The second-order valence-corrected chi connectivity index (χ2v) is 37.6. The standard InChI is InChI=1S/C92H124N22O25S2/c1-5-50(2)79(108-91(138)80(51(3)115)109-87(134)64(99-52(4)116)37-56-42-97-60-19-10-8-17-58(56)60)90(137)107-70-49-141-140-48-69(89(136)105-68(92(139)114-26-14-22-71(114)81(95)128)38-57-43-98-61-20-11-9-18-59(57)61)106-86(133)67(41-75(120)121)104-82(129)62(21-12-13-25-96-74(119)44-110-27-29-111(45-76(122)123)31-33-113(47-78(126)127)34-32-112(30-28-110)46-77(124)125)100-83(130)63(36-53-23-24-54-15-6-7-16-55(54)35-53)101-84(131)65(39-72(93)117)102-85(132)66(40-73(94)118)103-88(70)135/h6-11,15-20,23-24,35,42-43,50-51,62-71,79-80,97-98,115H,5,12-14,21-22,25-34,36-41,44-49H2,1-4H3,(H2,93,117)(H2,94,118)(H2,95,128)(H,96,119)(H,99,116)(H,100,130)(H,101,131)(H,102,132)(H,103,135)(H,104,129)(H,105,136)(H,106,133)(H,107,137)(H,108,138)(H,109,134)(H,120,121)(H,122,123)(H,124,125)(H,126,127)/t50-,51+,62-,63-,64-,65-,66-,67-,68-,69-,70-,71-,79-,80-/m0/s1. The van der Waals surface area contributed by atoms with Crippen LogP contribution in [0.15, 0.2) is 103 Å². The van der Waals surface area contributed by atoms with Crippen molar-refractivity contribution < 1.29 is 121 Å². The van der Waals surface area contributed by atoms with Gasteiger partial charge in [0, 0.05) is 137 Å². The lowest BCUT2D eigenvalue weighted by atomic mass is 9.97. The Morgan fingerprint density at radius 2 is 0.965 bits per heavy atom. The smallest absolute Gasteiger partial charge is 0.317 e. The first-order valence-corrected chi connectivity index (χ1v) is 48.6. The van der Waals surface area contributed by atoms with Crippen molar-refractivity contribution in [3.8, 4) is 0 Å². The summed E-state index contributed by atoms with van der Waals surface area (Å²) < 4.78 is 0. The van der Waals surface area contributed by atoms with E-state index in [9.17, 15) is 83.1 Å². The molecule has 141 heavy (non-hydrogen) atoms. The molecule has 0 unspecified atom stereocenters. The molecule has 49 heteroatoms. The monoisotopic (exact) mass is 2000 g/mol. The molecule has 0 spiro atoms. The zero-order valence-corrected chi connectivity index (χ0v) is 80.0. The van der Waals surface area contributed by atoms with E-state index in [1.807, 2.05) is 0 Å². The van der Waals surface area contributed by atoms with Crippen LogP contribution in [0.4, 0.5) is 0 Å². The van der Waals surface area contributed by atoms with E-state index in [-0.39, 0.29) is 111 Å². The van der Waals surface area contributed by atoms with E-state index in [0.29, 0.717) is 77.3 Å². The number of aromatic nitrogens is 2. The molecule has 3 fully saturated rings. The van der Waals surface area contributed by atoms with E-state index in [1.165, 1.54) is 11.8 Å². The van der Waals surface area contributed by atoms with Gasteiger partial charge in [0.05, 0.1) is 51.5 Å². The number of carboxylic acid groups (broad SMARTS) is 4. The minimum Gasteiger partial charge on any atom is -0.481 e. The number of aliphatic hydroxyl groups excluding tert-OH is 1. The number of carbonyl (C=O) groups excluding carboxylic acids is 16. The largest absolute Gasteiger partial charge is 0.481 e. The Morgan fingerprint density at radius 1 is 0.489 bits per heavy atom. The molecule has 16 amide bonds. The number of nitrogens with two attached hydrogens (primary N) is 3. The summed E-state index contributed by atoms with van der Waals surface area (Å²) in [6.45, 7) is 4.41. The first kappa shape index (κ1) is 111. The SMILES string of the molecule is CC[C@H](C)[C@H](NC(=O)[C@@H](NC(=O)[C@H](Cc1c[nH]c2ccccc12)NC(C)=O)[C@@H](C)O)C(=O)N[C@H]1CSSC[C@@H](C(=O)N[C@@H](Cc2c[nH]c3ccccc23)C(=O)N2CCC[C@H]2C(N)=O)NC(=O)[C@H](CC(=O)O)NC(=O)[C@H](CCCCNC(=O)CN2CCN(CC(=O)O)CCN(CC(=O)O)CCN(CC(=O)O)CC2)NC(=O)[C@H](Cc2ccc3ccccc3c2)NC(=O)[C@H](CC(N)=O)NC(=O)[C@H](CC(N)=O)NC1=O. The van der Waals surface area contributed by atoms with Crippen LogP contribution in [0.1, 0.15) is 102 Å². The van der Waals surface area contributed by atoms with Crippen molar-refractivity contribution in [3.63, 3.8) is 0 Å². The third-order valence-corrected chi connectivity index (χ3v) is 26.7. The highest BCUT2D eigenvalue weighted by Crippen LogP contribution is 2.28. The van der Waals surface area contributed by atoms with Gasteiger partial charge in [0.15, 0.2) is 0 Å². The van der Waals surface area contributed by atoms with Gasteiger partial charge in [-0.15, -0.1) is 0 Å². The summed E-state index contributed by atoms with van der Waals surface area (Å²) in [5.41, 5.74) is 20.1. The van der Waals surface area contributed by atoms with Crippen molar-refractivity contribution in [3.05, 3.63) is 120 Å². The third kappa shape index (κ3) is 34.6. The molecule has 3 saturated heterocycles. The van der Waals surface area contributed by atoms with Crippen molar-refractivity contribution in [2.24, 2.45) is 23.1 Å². The van der Waals surface area contributed by atoms with Crippen LogP contribution < -0.4 is 81.0 Å². The molecule has 14 atom stereocenters. The molecule has 764 valence electrons. The van der Waals surface area contributed by atoms with Crippen molar-refractivity contribution in [1.29, 1.82) is 0 Å². The summed E-state index contributed by atoms with van der Waals surface area (Å²) in [7, 11) is 1.35. The molecule has 9 rings (SSSR count). The zero-order valence-electron chi connectivity index (χ0n) is 78.4. The average Bonchev–Trinajstić information content (AvgIpc) is 1.66. The fraction of sp³-hybridized carbons (Fsp3) is 0.500. The molecular weight excluding hydrogens is 1880 g/mol. The topological polar surface area (TPSA) is 713 Å². The Bertz CT molecular complexity index is 5500. The summed E-state index contributed by atoms with van der Waals surface area (Å²) in [6, 6.07) is 4.18.